The second-order valence-corrected chi connectivity index (χ2v) is 4.30. The zero-order valence-corrected chi connectivity index (χ0v) is 12.2. The van der Waals surface area contributed by atoms with Gasteiger partial charge in [-0.1, -0.05) is 12.1 Å². The van der Waals surface area contributed by atoms with E-state index >= 15 is 0 Å². The second-order valence-electron chi connectivity index (χ2n) is 4.30. The number of hydrogen-bond acceptors (Lipinski definition) is 3. The van der Waals surface area contributed by atoms with E-state index in [4.69, 9.17) is 11.5 Å². The van der Waals surface area contributed by atoms with Gasteiger partial charge in [0, 0.05) is 24.8 Å². The van der Waals surface area contributed by atoms with E-state index in [-0.39, 0.29) is 18.4 Å². The van der Waals surface area contributed by atoms with Crippen molar-refractivity contribution in [1.29, 1.82) is 0 Å². The first kappa shape index (κ1) is 17.2. The van der Waals surface area contributed by atoms with Crippen LogP contribution in [0.25, 0.3) is 0 Å². The van der Waals surface area contributed by atoms with Gasteiger partial charge >= 0.3 is 0 Å². The van der Waals surface area contributed by atoms with Crippen LogP contribution >= 0.6 is 12.4 Å². The molecule has 0 amide bonds. The monoisotopic (exact) mass is 271 g/mol. The molecular weight excluding hydrogens is 246 g/mol. The summed E-state index contributed by atoms with van der Waals surface area (Å²) in [6.07, 6.45) is 1.94. The number of halogens is 1. The minimum atomic E-state index is 0. The zero-order chi connectivity index (χ0) is 12.7. The molecule has 0 aromatic heterocycles. The van der Waals surface area contributed by atoms with Crippen LogP contribution in [0.15, 0.2) is 24.3 Å². The molecule has 0 bridgehead atoms. The number of benzene rings is 1. The normalized spacial score (nSPS) is 11.8. The van der Waals surface area contributed by atoms with Gasteiger partial charge in [-0.2, -0.15) is 0 Å². The van der Waals surface area contributed by atoms with E-state index in [2.05, 4.69) is 43.0 Å². The minimum absolute atomic E-state index is 0. The van der Waals surface area contributed by atoms with Crippen molar-refractivity contribution in [3.63, 3.8) is 0 Å². The molecule has 0 aliphatic carbocycles. The summed E-state index contributed by atoms with van der Waals surface area (Å²) < 4.78 is 0. The Morgan fingerprint density at radius 1 is 1.11 bits per heavy atom. The maximum Gasteiger partial charge on any atom is 0.0366 e. The predicted octanol–water partition coefficient (Wildman–Crippen LogP) is 2.69. The van der Waals surface area contributed by atoms with Gasteiger partial charge in [-0.25, -0.2) is 0 Å². The molecule has 4 heteroatoms. The summed E-state index contributed by atoms with van der Waals surface area (Å²) in [6, 6.07) is 8.70. The fourth-order valence-electron chi connectivity index (χ4n) is 2.03. The van der Waals surface area contributed by atoms with Crippen LogP contribution in [0.3, 0.4) is 0 Å². The Morgan fingerprint density at radius 3 is 2.11 bits per heavy atom. The number of nitrogens with two attached hydrogens (primary N) is 2. The van der Waals surface area contributed by atoms with Gasteiger partial charge < -0.3 is 16.4 Å². The maximum atomic E-state index is 6.10. The lowest BCUT2D eigenvalue weighted by Gasteiger charge is -2.21. The molecule has 0 radical (unpaired) electrons. The highest BCUT2D eigenvalue weighted by Crippen LogP contribution is 2.20. The maximum absolute atomic E-state index is 6.10. The first-order chi connectivity index (χ1) is 8.22. The molecule has 0 aliphatic rings. The quantitative estimate of drug-likeness (QED) is 0.802. The molecule has 104 valence electrons. The van der Waals surface area contributed by atoms with Crippen LogP contribution < -0.4 is 16.4 Å². The third-order valence-corrected chi connectivity index (χ3v) is 3.17. The second kappa shape index (κ2) is 9.20. The molecule has 1 aromatic rings. The van der Waals surface area contributed by atoms with Crippen LogP contribution in [0.5, 0.6) is 0 Å². The highest BCUT2D eigenvalue weighted by atomic mass is 35.5. The molecule has 0 fully saturated rings. The molecule has 0 aliphatic heterocycles. The highest BCUT2D eigenvalue weighted by Gasteiger charge is 2.06. The molecule has 0 spiro atoms. The number of hydrogen-bond donors (Lipinski definition) is 2. The Kier molecular flexibility index (Phi) is 8.81. The van der Waals surface area contributed by atoms with Crippen LogP contribution in [0.1, 0.15) is 38.3 Å². The Morgan fingerprint density at radius 2 is 1.67 bits per heavy atom. The SMILES string of the molecule is CCN(CC)c1ccc([C@H](N)CCCN)cc1.Cl. The van der Waals surface area contributed by atoms with E-state index in [1.54, 1.807) is 0 Å². The van der Waals surface area contributed by atoms with Crippen molar-refractivity contribution in [3.8, 4) is 0 Å². The third-order valence-electron chi connectivity index (χ3n) is 3.17. The van der Waals surface area contributed by atoms with Crippen LogP contribution in [-0.4, -0.2) is 19.6 Å². The number of nitrogens with zero attached hydrogens (tertiary/aromatic N) is 1. The Labute approximate surface area is 117 Å². The molecule has 0 unspecified atom stereocenters. The van der Waals surface area contributed by atoms with Gasteiger partial charge in [-0.05, 0) is 50.9 Å². The third kappa shape index (κ3) is 4.84. The van der Waals surface area contributed by atoms with Crippen molar-refractivity contribution in [2.45, 2.75) is 32.7 Å². The first-order valence-corrected chi connectivity index (χ1v) is 6.53. The lowest BCUT2D eigenvalue weighted by Crippen LogP contribution is -2.21. The van der Waals surface area contributed by atoms with Gasteiger partial charge in [0.2, 0.25) is 0 Å². The Balaban J connectivity index is 0.00000289. The van der Waals surface area contributed by atoms with Crippen molar-refractivity contribution in [2.24, 2.45) is 11.5 Å². The smallest absolute Gasteiger partial charge is 0.0366 e. The number of anilines is 1. The van der Waals surface area contributed by atoms with Gasteiger partial charge in [0.1, 0.15) is 0 Å². The van der Waals surface area contributed by atoms with E-state index in [1.807, 2.05) is 0 Å². The average Bonchev–Trinajstić information content (AvgIpc) is 2.38. The van der Waals surface area contributed by atoms with Crippen LogP contribution in [0.4, 0.5) is 5.69 Å². The summed E-state index contributed by atoms with van der Waals surface area (Å²) in [4.78, 5) is 2.33. The summed E-state index contributed by atoms with van der Waals surface area (Å²) >= 11 is 0. The van der Waals surface area contributed by atoms with Gasteiger partial charge in [0.25, 0.3) is 0 Å². The Bertz CT molecular complexity index is 309. The van der Waals surface area contributed by atoms with Crippen LogP contribution in [-0.2, 0) is 0 Å². The topological polar surface area (TPSA) is 55.3 Å². The molecule has 0 saturated heterocycles. The number of rotatable bonds is 7. The van der Waals surface area contributed by atoms with Gasteiger partial charge in [0.05, 0.1) is 0 Å². The predicted molar refractivity (Wildman–Crippen MR) is 82.5 cm³/mol. The van der Waals surface area contributed by atoms with Crippen molar-refractivity contribution in [3.05, 3.63) is 29.8 Å². The minimum Gasteiger partial charge on any atom is -0.372 e. The van der Waals surface area contributed by atoms with E-state index in [9.17, 15) is 0 Å². The summed E-state index contributed by atoms with van der Waals surface area (Å²) in [5.74, 6) is 0. The van der Waals surface area contributed by atoms with E-state index in [0.29, 0.717) is 6.54 Å². The van der Waals surface area contributed by atoms with Gasteiger partial charge in [0.15, 0.2) is 0 Å². The summed E-state index contributed by atoms with van der Waals surface area (Å²) in [6.45, 7) is 7.13. The molecule has 0 heterocycles. The van der Waals surface area contributed by atoms with E-state index in [0.717, 1.165) is 25.9 Å². The largest absolute Gasteiger partial charge is 0.372 e. The molecule has 4 N–H and O–H groups in total. The lowest BCUT2D eigenvalue weighted by molar-refractivity contribution is 0.618. The van der Waals surface area contributed by atoms with E-state index < -0.39 is 0 Å². The molecule has 3 nitrogen and oxygen atoms in total. The van der Waals surface area contributed by atoms with Crippen molar-refractivity contribution < 1.29 is 0 Å². The molecule has 0 saturated carbocycles. The van der Waals surface area contributed by atoms with Gasteiger partial charge in [-0.15, -0.1) is 12.4 Å². The fraction of sp³-hybridized carbons (Fsp3) is 0.571. The molecule has 1 rings (SSSR count). The van der Waals surface area contributed by atoms with E-state index in [1.165, 1.54) is 11.3 Å². The Hall–Kier alpha value is -0.770. The molecule has 18 heavy (non-hydrogen) atoms. The van der Waals surface area contributed by atoms with Crippen LogP contribution in [0, 0.1) is 0 Å². The van der Waals surface area contributed by atoms with Gasteiger partial charge in [-0.3, -0.25) is 0 Å². The standard InChI is InChI=1S/C14H25N3.ClH/c1-3-17(4-2)13-9-7-12(8-10-13)14(16)6-5-11-15;/h7-10,14H,3-6,11,15-16H2,1-2H3;1H/t14-;/m1./s1. The molecule has 1 atom stereocenters. The van der Waals surface area contributed by atoms with Crippen molar-refractivity contribution >= 4 is 18.1 Å². The lowest BCUT2D eigenvalue weighted by atomic mass is 10.0. The summed E-state index contributed by atoms with van der Waals surface area (Å²) in [5.41, 5.74) is 14.1. The fourth-order valence-corrected chi connectivity index (χ4v) is 2.03. The summed E-state index contributed by atoms with van der Waals surface area (Å²) in [7, 11) is 0. The molecular formula is C14H26ClN3. The van der Waals surface area contributed by atoms with Crippen LogP contribution in [0.2, 0.25) is 0 Å². The molecule has 1 aromatic carbocycles. The first-order valence-electron chi connectivity index (χ1n) is 6.53. The zero-order valence-electron chi connectivity index (χ0n) is 11.4. The highest BCUT2D eigenvalue weighted by molar-refractivity contribution is 5.85. The summed E-state index contributed by atoms with van der Waals surface area (Å²) in [5, 5.41) is 0. The average molecular weight is 272 g/mol. The van der Waals surface area contributed by atoms with Crippen molar-refractivity contribution in [2.75, 3.05) is 24.5 Å². The van der Waals surface area contributed by atoms with Crippen molar-refractivity contribution in [1.82, 2.24) is 0 Å².